The molecule has 0 aromatic heterocycles. The first-order chi connectivity index (χ1) is 8.66. The predicted octanol–water partition coefficient (Wildman–Crippen LogP) is 2.31. The average molecular weight is 267 g/mol. The van der Waals surface area contributed by atoms with Gasteiger partial charge in [-0.3, -0.25) is 4.79 Å². The number of rotatable bonds is 5. The molecule has 2 N–H and O–H groups in total. The summed E-state index contributed by atoms with van der Waals surface area (Å²) < 4.78 is 0. The molecule has 1 amide bonds. The van der Waals surface area contributed by atoms with Crippen molar-refractivity contribution in [2.45, 2.75) is 31.7 Å². The molecule has 0 spiro atoms. The number of hydrogen-bond donors (Lipinski definition) is 2. The van der Waals surface area contributed by atoms with E-state index in [0.29, 0.717) is 18.5 Å². The third-order valence-corrected chi connectivity index (χ3v) is 3.76. The van der Waals surface area contributed by atoms with Gasteiger partial charge in [-0.25, -0.2) is 0 Å². The fourth-order valence-corrected chi connectivity index (χ4v) is 2.65. The van der Waals surface area contributed by atoms with E-state index in [1.165, 1.54) is 12.5 Å². The fraction of sp³-hybridized carbons (Fsp3) is 0.500. The Morgan fingerprint density at radius 3 is 2.72 bits per heavy atom. The van der Waals surface area contributed by atoms with Crippen LogP contribution in [0.4, 0.5) is 0 Å². The van der Waals surface area contributed by atoms with Gasteiger partial charge in [-0.1, -0.05) is 29.8 Å². The zero-order valence-corrected chi connectivity index (χ0v) is 11.3. The molecule has 0 radical (unpaired) electrons. The third kappa shape index (κ3) is 3.47. The Morgan fingerprint density at radius 1 is 1.33 bits per heavy atom. The summed E-state index contributed by atoms with van der Waals surface area (Å²) in [5, 5.41) is 7.09. The maximum Gasteiger partial charge on any atom is 0.216 e. The van der Waals surface area contributed by atoms with Crippen molar-refractivity contribution in [1.29, 1.82) is 0 Å². The predicted molar refractivity (Wildman–Crippen MR) is 73.9 cm³/mol. The second kappa shape index (κ2) is 6.21. The Balaban J connectivity index is 1.68. The number of carbonyl (C=O) groups is 1. The van der Waals surface area contributed by atoms with Gasteiger partial charge in [0.2, 0.25) is 5.91 Å². The minimum Gasteiger partial charge on any atom is -0.355 e. The van der Waals surface area contributed by atoms with Crippen LogP contribution in [0.3, 0.4) is 0 Å². The van der Waals surface area contributed by atoms with Crippen molar-refractivity contribution in [1.82, 2.24) is 10.6 Å². The van der Waals surface area contributed by atoms with Gasteiger partial charge < -0.3 is 10.6 Å². The van der Waals surface area contributed by atoms with Crippen molar-refractivity contribution >= 4 is 17.5 Å². The van der Waals surface area contributed by atoms with Gasteiger partial charge in [0.1, 0.15) is 0 Å². The first kappa shape index (κ1) is 13.4. The van der Waals surface area contributed by atoms with Crippen LogP contribution in [0.25, 0.3) is 0 Å². The minimum atomic E-state index is 0.0272. The van der Waals surface area contributed by atoms with Gasteiger partial charge in [-0.2, -0.15) is 0 Å². The molecule has 0 heterocycles. The summed E-state index contributed by atoms with van der Waals surface area (Å²) in [6.07, 6.45) is 2.26. The van der Waals surface area contributed by atoms with Crippen LogP contribution in [-0.2, 0) is 4.79 Å². The van der Waals surface area contributed by atoms with E-state index in [1.54, 1.807) is 0 Å². The largest absolute Gasteiger partial charge is 0.355 e. The lowest BCUT2D eigenvalue weighted by Crippen LogP contribution is -2.43. The average Bonchev–Trinajstić information content (AvgIpc) is 2.28. The van der Waals surface area contributed by atoms with E-state index in [4.69, 9.17) is 11.6 Å². The Kier molecular flexibility index (Phi) is 4.61. The standard InChI is InChI=1S/C14H19ClN2O/c1-10(18)16-6-7-17-12-8-11(9-12)13-4-2-3-5-14(13)15/h2-5,11-12,17H,6-9H2,1H3,(H,16,18). The van der Waals surface area contributed by atoms with Gasteiger partial charge in [0.25, 0.3) is 0 Å². The molecule has 0 bridgehead atoms. The normalized spacial score (nSPS) is 22.3. The van der Waals surface area contributed by atoms with Gasteiger partial charge in [-0.05, 0) is 30.4 Å². The first-order valence-electron chi connectivity index (χ1n) is 6.39. The lowest BCUT2D eigenvalue weighted by Gasteiger charge is -2.36. The topological polar surface area (TPSA) is 41.1 Å². The van der Waals surface area contributed by atoms with Crippen LogP contribution in [0.15, 0.2) is 24.3 Å². The number of hydrogen-bond acceptors (Lipinski definition) is 2. The van der Waals surface area contributed by atoms with Gasteiger partial charge in [-0.15, -0.1) is 0 Å². The Morgan fingerprint density at radius 2 is 2.06 bits per heavy atom. The van der Waals surface area contributed by atoms with Crippen LogP contribution in [0.2, 0.25) is 5.02 Å². The maximum absolute atomic E-state index is 10.7. The monoisotopic (exact) mass is 266 g/mol. The second-order valence-electron chi connectivity index (χ2n) is 4.82. The Labute approximate surface area is 113 Å². The van der Waals surface area contributed by atoms with Crippen LogP contribution < -0.4 is 10.6 Å². The van der Waals surface area contributed by atoms with Gasteiger partial charge in [0, 0.05) is 31.1 Å². The molecule has 3 nitrogen and oxygen atoms in total. The van der Waals surface area contributed by atoms with Crippen LogP contribution in [0, 0.1) is 0 Å². The molecule has 0 saturated heterocycles. The zero-order chi connectivity index (χ0) is 13.0. The minimum absolute atomic E-state index is 0.0272. The van der Waals surface area contributed by atoms with Crippen LogP contribution in [0.1, 0.15) is 31.2 Å². The number of halogens is 1. The third-order valence-electron chi connectivity index (χ3n) is 3.42. The maximum atomic E-state index is 10.7. The Hall–Kier alpha value is -1.06. The lowest BCUT2D eigenvalue weighted by atomic mass is 9.76. The number of benzene rings is 1. The lowest BCUT2D eigenvalue weighted by molar-refractivity contribution is -0.118. The van der Waals surface area contributed by atoms with Gasteiger partial charge in [0.05, 0.1) is 0 Å². The van der Waals surface area contributed by atoms with Crippen molar-refractivity contribution in [3.05, 3.63) is 34.9 Å². The van der Waals surface area contributed by atoms with E-state index in [2.05, 4.69) is 16.7 Å². The summed E-state index contributed by atoms with van der Waals surface area (Å²) in [7, 11) is 0. The molecule has 0 atom stereocenters. The highest BCUT2D eigenvalue weighted by molar-refractivity contribution is 6.31. The van der Waals surface area contributed by atoms with Crippen molar-refractivity contribution in [3.63, 3.8) is 0 Å². The molecule has 18 heavy (non-hydrogen) atoms. The van der Waals surface area contributed by atoms with Crippen LogP contribution >= 0.6 is 11.6 Å². The second-order valence-corrected chi connectivity index (χ2v) is 5.23. The van der Waals surface area contributed by atoms with Crippen molar-refractivity contribution in [3.8, 4) is 0 Å². The smallest absolute Gasteiger partial charge is 0.216 e. The molecule has 1 aliphatic carbocycles. The first-order valence-corrected chi connectivity index (χ1v) is 6.77. The number of nitrogens with one attached hydrogen (secondary N) is 2. The molecule has 1 aromatic carbocycles. The molecular formula is C14H19ClN2O. The highest BCUT2D eigenvalue weighted by Gasteiger charge is 2.30. The quantitative estimate of drug-likeness (QED) is 0.803. The van der Waals surface area contributed by atoms with Gasteiger partial charge >= 0.3 is 0 Å². The van der Waals surface area contributed by atoms with Crippen molar-refractivity contribution < 1.29 is 4.79 Å². The summed E-state index contributed by atoms with van der Waals surface area (Å²) in [5.41, 5.74) is 1.26. The van der Waals surface area contributed by atoms with Crippen molar-refractivity contribution in [2.24, 2.45) is 0 Å². The summed E-state index contributed by atoms with van der Waals surface area (Å²) in [6, 6.07) is 8.63. The van der Waals surface area contributed by atoms with Crippen molar-refractivity contribution in [2.75, 3.05) is 13.1 Å². The molecule has 2 rings (SSSR count). The summed E-state index contributed by atoms with van der Waals surface area (Å²) >= 11 is 6.17. The van der Waals surface area contributed by atoms with Crippen LogP contribution in [-0.4, -0.2) is 25.0 Å². The highest BCUT2D eigenvalue weighted by Crippen LogP contribution is 2.39. The fourth-order valence-electron chi connectivity index (χ4n) is 2.36. The molecule has 4 heteroatoms. The highest BCUT2D eigenvalue weighted by atomic mass is 35.5. The molecular weight excluding hydrogens is 248 g/mol. The number of carbonyl (C=O) groups excluding carboxylic acids is 1. The molecule has 1 saturated carbocycles. The SMILES string of the molecule is CC(=O)NCCNC1CC(c2ccccc2Cl)C1. The summed E-state index contributed by atoms with van der Waals surface area (Å²) in [6.45, 7) is 3.07. The van der Waals surface area contributed by atoms with Gasteiger partial charge in [0.15, 0.2) is 0 Å². The van der Waals surface area contributed by atoms with E-state index in [1.807, 2.05) is 18.2 Å². The molecule has 1 aliphatic rings. The zero-order valence-electron chi connectivity index (χ0n) is 10.6. The van der Waals surface area contributed by atoms with E-state index >= 15 is 0 Å². The molecule has 0 unspecified atom stereocenters. The molecule has 0 aliphatic heterocycles. The van der Waals surface area contributed by atoms with E-state index in [9.17, 15) is 4.79 Å². The number of amides is 1. The molecule has 1 fully saturated rings. The van der Waals surface area contributed by atoms with E-state index in [-0.39, 0.29) is 5.91 Å². The van der Waals surface area contributed by atoms with E-state index in [0.717, 1.165) is 24.4 Å². The summed E-state index contributed by atoms with van der Waals surface area (Å²) in [4.78, 5) is 10.7. The summed E-state index contributed by atoms with van der Waals surface area (Å²) in [5.74, 6) is 0.608. The molecule has 98 valence electrons. The van der Waals surface area contributed by atoms with Crippen LogP contribution in [0.5, 0.6) is 0 Å². The Bertz CT molecular complexity index is 416. The van der Waals surface area contributed by atoms with E-state index < -0.39 is 0 Å². The molecule has 1 aromatic rings.